The van der Waals surface area contributed by atoms with Crippen LogP contribution in [0.5, 0.6) is 0 Å². The molecule has 1 aliphatic heterocycles. The van der Waals surface area contributed by atoms with E-state index in [9.17, 15) is 0 Å². The van der Waals surface area contributed by atoms with Crippen molar-refractivity contribution < 1.29 is 0 Å². The molecule has 1 fully saturated rings. The molecule has 1 aromatic heterocycles. The summed E-state index contributed by atoms with van der Waals surface area (Å²) in [6.07, 6.45) is 4.26. The zero-order valence-electron chi connectivity index (χ0n) is 11.3. The average Bonchev–Trinajstić information content (AvgIpc) is 2.31. The molecule has 0 atom stereocenters. The van der Waals surface area contributed by atoms with Gasteiger partial charge >= 0.3 is 0 Å². The van der Waals surface area contributed by atoms with Gasteiger partial charge in [-0.3, -0.25) is 4.90 Å². The van der Waals surface area contributed by atoms with Gasteiger partial charge in [0.1, 0.15) is 0 Å². The Morgan fingerprint density at radius 2 is 1.94 bits per heavy atom. The Bertz CT molecular complexity index is 388. The summed E-state index contributed by atoms with van der Waals surface area (Å²) in [6, 6.07) is 2.49. The number of nitrogens with zero attached hydrogens (tertiary/aromatic N) is 3. The van der Waals surface area contributed by atoms with Gasteiger partial charge in [0.05, 0.1) is 0 Å². The highest BCUT2D eigenvalue weighted by Crippen LogP contribution is 2.14. The summed E-state index contributed by atoms with van der Waals surface area (Å²) < 4.78 is 0. The number of hydrogen-bond acceptors (Lipinski definition) is 4. The van der Waals surface area contributed by atoms with Crippen LogP contribution >= 0.6 is 0 Å². The minimum absolute atomic E-state index is 0.493. The standard InChI is InChI=1S/C14H22N4/c1-4-7-18-8-5-13(6-9-18)17-14-15-11(2)10-12(3)16-14/h4,10,13H,1,5-9H2,2-3H3,(H,15,16,17). The molecule has 0 unspecified atom stereocenters. The minimum atomic E-state index is 0.493. The molecule has 1 N–H and O–H groups in total. The van der Waals surface area contributed by atoms with E-state index in [2.05, 4.69) is 26.8 Å². The Kier molecular flexibility index (Phi) is 4.31. The maximum atomic E-state index is 4.43. The fraction of sp³-hybridized carbons (Fsp3) is 0.571. The van der Waals surface area contributed by atoms with Crippen molar-refractivity contribution in [3.05, 3.63) is 30.1 Å². The molecule has 1 aromatic rings. The van der Waals surface area contributed by atoms with Crippen LogP contribution in [0.3, 0.4) is 0 Å². The summed E-state index contributed by atoms with van der Waals surface area (Å²) in [4.78, 5) is 11.3. The summed E-state index contributed by atoms with van der Waals surface area (Å²) in [5.41, 5.74) is 2.04. The first-order valence-electron chi connectivity index (χ1n) is 6.59. The van der Waals surface area contributed by atoms with Gasteiger partial charge in [-0.15, -0.1) is 6.58 Å². The van der Waals surface area contributed by atoms with Gasteiger partial charge in [0, 0.05) is 37.1 Å². The molecule has 0 aliphatic carbocycles. The maximum absolute atomic E-state index is 4.43. The molecule has 2 heterocycles. The van der Waals surface area contributed by atoms with E-state index in [0.29, 0.717) is 6.04 Å². The minimum Gasteiger partial charge on any atom is -0.351 e. The molecule has 4 nitrogen and oxygen atoms in total. The molecule has 0 aromatic carbocycles. The van der Waals surface area contributed by atoms with Crippen molar-refractivity contribution in [3.8, 4) is 0 Å². The average molecular weight is 246 g/mol. The zero-order chi connectivity index (χ0) is 13.0. The van der Waals surface area contributed by atoms with Gasteiger partial charge < -0.3 is 5.32 Å². The summed E-state index contributed by atoms with van der Waals surface area (Å²) in [5, 5.41) is 3.45. The molecule has 18 heavy (non-hydrogen) atoms. The first kappa shape index (κ1) is 13.0. The van der Waals surface area contributed by atoms with Crippen molar-refractivity contribution in [1.82, 2.24) is 14.9 Å². The van der Waals surface area contributed by atoms with E-state index < -0.39 is 0 Å². The topological polar surface area (TPSA) is 41.0 Å². The molecular weight excluding hydrogens is 224 g/mol. The molecule has 1 saturated heterocycles. The summed E-state index contributed by atoms with van der Waals surface area (Å²) in [7, 11) is 0. The Hall–Kier alpha value is -1.42. The van der Waals surface area contributed by atoms with Gasteiger partial charge in [0.15, 0.2) is 0 Å². The van der Waals surface area contributed by atoms with E-state index in [1.54, 1.807) is 0 Å². The Morgan fingerprint density at radius 1 is 1.33 bits per heavy atom. The van der Waals surface area contributed by atoms with Gasteiger partial charge in [0.25, 0.3) is 0 Å². The summed E-state index contributed by atoms with van der Waals surface area (Å²) in [5.74, 6) is 0.773. The Labute approximate surface area is 109 Å². The first-order chi connectivity index (χ1) is 8.67. The molecule has 0 spiro atoms. The highest BCUT2D eigenvalue weighted by molar-refractivity contribution is 5.29. The predicted molar refractivity (Wildman–Crippen MR) is 74.8 cm³/mol. The fourth-order valence-electron chi connectivity index (χ4n) is 2.42. The molecule has 0 amide bonds. The molecule has 1 aliphatic rings. The molecule has 0 radical (unpaired) electrons. The maximum Gasteiger partial charge on any atom is 0.223 e. The summed E-state index contributed by atoms with van der Waals surface area (Å²) >= 11 is 0. The van der Waals surface area contributed by atoms with Crippen LogP contribution in [-0.4, -0.2) is 40.5 Å². The van der Waals surface area contributed by atoms with Crippen molar-refractivity contribution in [2.75, 3.05) is 25.0 Å². The Balaban J connectivity index is 1.89. The normalized spacial score (nSPS) is 17.7. The molecule has 2 rings (SSSR count). The van der Waals surface area contributed by atoms with Gasteiger partial charge in [0.2, 0.25) is 5.95 Å². The lowest BCUT2D eigenvalue weighted by Crippen LogP contribution is -2.39. The van der Waals surface area contributed by atoms with Crippen LogP contribution in [0, 0.1) is 13.8 Å². The van der Waals surface area contributed by atoms with E-state index in [-0.39, 0.29) is 0 Å². The SMILES string of the molecule is C=CCN1CCC(Nc2nc(C)cc(C)n2)CC1. The van der Waals surface area contributed by atoms with E-state index in [1.807, 2.05) is 26.0 Å². The Morgan fingerprint density at radius 3 is 2.50 bits per heavy atom. The van der Waals surface area contributed by atoms with E-state index in [4.69, 9.17) is 0 Å². The quantitative estimate of drug-likeness (QED) is 0.827. The first-order valence-corrected chi connectivity index (χ1v) is 6.59. The molecular formula is C14H22N4. The second kappa shape index (κ2) is 5.96. The second-order valence-corrected chi connectivity index (χ2v) is 4.98. The number of likely N-dealkylation sites (tertiary alicyclic amines) is 1. The number of nitrogens with one attached hydrogen (secondary N) is 1. The van der Waals surface area contributed by atoms with Crippen LogP contribution < -0.4 is 5.32 Å². The number of anilines is 1. The van der Waals surface area contributed by atoms with Crippen molar-refractivity contribution in [1.29, 1.82) is 0 Å². The summed E-state index contributed by atoms with van der Waals surface area (Å²) in [6.45, 7) is 11.0. The van der Waals surface area contributed by atoms with Gasteiger partial charge in [-0.1, -0.05) is 6.08 Å². The third-order valence-electron chi connectivity index (χ3n) is 3.29. The van der Waals surface area contributed by atoms with Crippen LogP contribution in [0.4, 0.5) is 5.95 Å². The number of aryl methyl sites for hydroxylation is 2. The molecule has 0 saturated carbocycles. The molecule has 4 heteroatoms. The van der Waals surface area contributed by atoms with E-state index >= 15 is 0 Å². The van der Waals surface area contributed by atoms with Crippen LogP contribution in [0.1, 0.15) is 24.2 Å². The van der Waals surface area contributed by atoms with Crippen LogP contribution in [0.25, 0.3) is 0 Å². The third-order valence-corrected chi connectivity index (χ3v) is 3.29. The smallest absolute Gasteiger partial charge is 0.223 e. The highest BCUT2D eigenvalue weighted by Gasteiger charge is 2.18. The van der Waals surface area contributed by atoms with Crippen molar-refractivity contribution in [2.45, 2.75) is 32.7 Å². The van der Waals surface area contributed by atoms with Crippen molar-refractivity contribution in [3.63, 3.8) is 0 Å². The van der Waals surface area contributed by atoms with E-state index in [1.165, 1.54) is 0 Å². The van der Waals surface area contributed by atoms with Crippen molar-refractivity contribution in [2.24, 2.45) is 0 Å². The van der Waals surface area contributed by atoms with Crippen molar-refractivity contribution >= 4 is 5.95 Å². The monoisotopic (exact) mass is 246 g/mol. The fourth-order valence-corrected chi connectivity index (χ4v) is 2.42. The lowest BCUT2D eigenvalue weighted by atomic mass is 10.1. The number of rotatable bonds is 4. The predicted octanol–water partition coefficient (Wildman–Crippen LogP) is 2.16. The largest absolute Gasteiger partial charge is 0.351 e. The van der Waals surface area contributed by atoms with Gasteiger partial charge in [-0.05, 0) is 32.8 Å². The number of aromatic nitrogens is 2. The number of hydrogen-bond donors (Lipinski definition) is 1. The van der Waals surface area contributed by atoms with E-state index in [0.717, 1.165) is 49.8 Å². The van der Waals surface area contributed by atoms with Gasteiger partial charge in [-0.25, -0.2) is 9.97 Å². The van der Waals surface area contributed by atoms with Crippen LogP contribution in [0.15, 0.2) is 18.7 Å². The zero-order valence-corrected chi connectivity index (χ0v) is 11.3. The number of piperidine rings is 1. The second-order valence-electron chi connectivity index (χ2n) is 4.98. The molecule has 98 valence electrons. The van der Waals surface area contributed by atoms with Crippen LogP contribution in [0.2, 0.25) is 0 Å². The van der Waals surface area contributed by atoms with Crippen LogP contribution in [-0.2, 0) is 0 Å². The lowest BCUT2D eigenvalue weighted by molar-refractivity contribution is 0.240. The lowest BCUT2D eigenvalue weighted by Gasteiger charge is -2.31. The third kappa shape index (κ3) is 3.53. The van der Waals surface area contributed by atoms with Gasteiger partial charge in [-0.2, -0.15) is 0 Å². The molecule has 0 bridgehead atoms. The highest BCUT2D eigenvalue weighted by atomic mass is 15.2.